The Labute approximate surface area is 158 Å². The van der Waals surface area contributed by atoms with Crippen LogP contribution >= 0.6 is 0 Å². The second-order valence-electron chi connectivity index (χ2n) is 5.57. The number of benzene rings is 2. The van der Waals surface area contributed by atoms with Crippen molar-refractivity contribution in [3.05, 3.63) is 64.4 Å². The monoisotopic (exact) mass is 438 g/mol. The van der Waals surface area contributed by atoms with Crippen LogP contribution in [0.4, 0.5) is 26.3 Å². The Hall–Kier alpha value is -3.09. The molecule has 0 aliphatic carbocycles. The second kappa shape index (κ2) is 6.76. The minimum Gasteiger partial charge on any atom is -0.353 e. The predicted molar refractivity (Wildman–Crippen MR) is 87.9 cm³/mol. The van der Waals surface area contributed by atoms with Crippen LogP contribution in [0.5, 0.6) is 5.88 Å². The van der Waals surface area contributed by atoms with Gasteiger partial charge in [0.2, 0.25) is 0 Å². The van der Waals surface area contributed by atoms with Crippen LogP contribution in [-0.2, 0) is 16.3 Å². The minimum absolute atomic E-state index is 0.145. The molecule has 2 aromatic carbocycles. The van der Waals surface area contributed by atoms with E-state index < -0.39 is 55.3 Å². The molecule has 0 aliphatic rings. The third kappa shape index (κ3) is 3.77. The standard InChI is InChI=1S/C16H8F6N2O4S/c17-15(18,19)11-7-3-4-8-12(11)24-14(25)10-6-2-1-5-9(10)13(23-24)28-29(26,27)16(20,21)22/h1-8H. The number of para-hydroxylation sites is 1. The van der Waals surface area contributed by atoms with E-state index in [0.717, 1.165) is 30.3 Å². The Balaban J connectivity index is 2.35. The highest BCUT2D eigenvalue weighted by atomic mass is 32.2. The zero-order valence-corrected chi connectivity index (χ0v) is 14.6. The van der Waals surface area contributed by atoms with Gasteiger partial charge in [-0.3, -0.25) is 4.79 Å². The largest absolute Gasteiger partial charge is 0.534 e. The van der Waals surface area contributed by atoms with Gasteiger partial charge >= 0.3 is 21.8 Å². The van der Waals surface area contributed by atoms with Gasteiger partial charge in [-0.25, -0.2) is 0 Å². The maximum absolute atomic E-state index is 13.3. The van der Waals surface area contributed by atoms with E-state index in [0.29, 0.717) is 6.07 Å². The quantitative estimate of drug-likeness (QED) is 0.355. The number of alkyl halides is 6. The third-order valence-corrected chi connectivity index (χ3v) is 4.63. The first-order valence-electron chi connectivity index (χ1n) is 7.52. The van der Waals surface area contributed by atoms with Crippen LogP contribution in [0.25, 0.3) is 16.5 Å². The Morgan fingerprint density at radius 1 is 0.862 bits per heavy atom. The van der Waals surface area contributed by atoms with Gasteiger partial charge in [-0.1, -0.05) is 24.3 Å². The molecule has 0 spiro atoms. The summed E-state index contributed by atoms with van der Waals surface area (Å²) in [6.45, 7) is 0. The fourth-order valence-electron chi connectivity index (χ4n) is 2.43. The van der Waals surface area contributed by atoms with Crippen molar-refractivity contribution < 1.29 is 38.9 Å². The van der Waals surface area contributed by atoms with E-state index in [9.17, 15) is 39.6 Å². The molecule has 0 atom stereocenters. The topological polar surface area (TPSA) is 78.3 Å². The highest BCUT2D eigenvalue weighted by molar-refractivity contribution is 7.88. The number of rotatable bonds is 3. The van der Waals surface area contributed by atoms with Gasteiger partial charge < -0.3 is 4.18 Å². The van der Waals surface area contributed by atoms with Crippen LogP contribution in [-0.4, -0.2) is 23.7 Å². The lowest BCUT2D eigenvalue weighted by molar-refractivity contribution is -0.137. The summed E-state index contributed by atoms with van der Waals surface area (Å²) in [4.78, 5) is 12.6. The maximum atomic E-state index is 13.3. The highest BCUT2D eigenvalue weighted by Gasteiger charge is 2.49. The molecular weight excluding hydrogens is 430 g/mol. The van der Waals surface area contributed by atoms with Crippen LogP contribution in [0.2, 0.25) is 0 Å². The number of fused-ring (bicyclic) bond motifs is 1. The van der Waals surface area contributed by atoms with Crippen molar-refractivity contribution in [3.63, 3.8) is 0 Å². The Kier molecular flexibility index (Phi) is 4.81. The molecule has 0 radical (unpaired) electrons. The molecule has 0 amide bonds. The summed E-state index contributed by atoms with van der Waals surface area (Å²) in [6.07, 6.45) is -4.93. The van der Waals surface area contributed by atoms with E-state index in [1.165, 1.54) is 12.1 Å². The van der Waals surface area contributed by atoms with E-state index in [4.69, 9.17) is 0 Å². The average molecular weight is 438 g/mol. The second-order valence-corrected chi connectivity index (χ2v) is 7.10. The third-order valence-electron chi connectivity index (χ3n) is 3.68. The Morgan fingerprint density at radius 3 is 2.00 bits per heavy atom. The lowest BCUT2D eigenvalue weighted by Crippen LogP contribution is -2.30. The highest BCUT2D eigenvalue weighted by Crippen LogP contribution is 2.34. The van der Waals surface area contributed by atoms with Gasteiger partial charge in [0.15, 0.2) is 0 Å². The number of hydrogen-bond acceptors (Lipinski definition) is 5. The van der Waals surface area contributed by atoms with Gasteiger partial charge in [0.1, 0.15) is 0 Å². The zero-order valence-electron chi connectivity index (χ0n) is 13.8. The molecule has 0 bridgehead atoms. The van der Waals surface area contributed by atoms with E-state index in [2.05, 4.69) is 9.28 Å². The molecule has 3 rings (SSSR count). The van der Waals surface area contributed by atoms with Gasteiger partial charge in [-0.05, 0) is 24.3 Å². The number of aromatic nitrogens is 2. The first-order valence-corrected chi connectivity index (χ1v) is 8.93. The summed E-state index contributed by atoms with van der Waals surface area (Å²) in [5, 5.41) is 2.52. The van der Waals surface area contributed by atoms with Crippen LogP contribution in [0, 0.1) is 0 Å². The molecule has 0 fully saturated rings. The normalized spacial score (nSPS) is 12.9. The van der Waals surface area contributed by atoms with E-state index in [-0.39, 0.29) is 4.68 Å². The fourth-order valence-corrected chi connectivity index (χ4v) is 2.86. The minimum atomic E-state index is -6.19. The van der Waals surface area contributed by atoms with Crippen LogP contribution < -0.4 is 9.74 Å². The SMILES string of the molecule is O=c1c2ccccc2c(OS(=O)(=O)C(F)(F)F)nn1-c1ccccc1C(F)(F)F. The molecule has 0 saturated heterocycles. The van der Waals surface area contributed by atoms with Crippen molar-refractivity contribution in [3.8, 4) is 11.6 Å². The molecule has 6 nitrogen and oxygen atoms in total. The molecule has 1 aromatic heterocycles. The number of hydrogen-bond donors (Lipinski definition) is 0. The van der Waals surface area contributed by atoms with Crippen molar-refractivity contribution in [2.75, 3.05) is 0 Å². The van der Waals surface area contributed by atoms with Gasteiger partial charge in [-0.2, -0.15) is 39.4 Å². The summed E-state index contributed by atoms with van der Waals surface area (Å²) in [5.74, 6) is -1.20. The van der Waals surface area contributed by atoms with E-state index in [1.54, 1.807) is 0 Å². The summed E-state index contributed by atoms with van der Waals surface area (Å²) in [6, 6.07) is 8.32. The van der Waals surface area contributed by atoms with Crippen molar-refractivity contribution in [2.45, 2.75) is 11.7 Å². The molecule has 29 heavy (non-hydrogen) atoms. The molecule has 1 heterocycles. The lowest BCUT2D eigenvalue weighted by atomic mass is 10.1. The fraction of sp³-hybridized carbons (Fsp3) is 0.125. The smallest absolute Gasteiger partial charge is 0.353 e. The van der Waals surface area contributed by atoms with Crippen LogP contribution in [0.3, 0.4) is 0 Å². The molecule has 13 heteroatoms. The van der Waals surface area contributed by atoms with Gasteiger partial charge in [-0.15, -0.1) is 5.10 Å². The van der Waals surface area contributed by atoms with Crippen molar-refractivity contribution in [1.82, 2.24) is 9.78 Å². The summed E-state index contributed by atoms with van der Waals surface area (Å²) < 4.78 is 105. The zero-order chi connectivity index (χ0) is 21.6. The van der Waals surface area contributed by atoms with Crippen molar-refractivity contribution in [1.29, 1.82) is 0 Å². The summed E-state index contributed by atoms with van der Waals surface area (Å²) in [5.41, 5.74) is -9.06. The maximum Gasteiger partial charge on any atom is 0.534 e. The first-order chi connectivity index (χ1) is 13.3. The molecule has 0 saturated carbocycles. The van der Waals surface area contributed by atoms with E-state index >= 15 is 0 Å². The van der Waals surface area contributed by atoms with Gasteiger partial charge in [0.25, 0.3) is 11.4 Å². The van der Waals surface area contributed by atoms with E-state index in [1.807, 2.05) is 0 Å². The summed E-state index contributed by atoms with van der Waals surface area (Å²) >= 11 is 0. The van der Waals surface area contributed by atoms with Gasteiger partial charge in [0, 0.05) is 0 Å². The molecule has 3 aromatic rings. The predicted octanol–water partition coefficient (Wildman–Crippen LogP) is 3.63. The number of halogens is 6. The molecule has 0 N–H and O–H groups in total. The van der Waals surface area contributed by atoms with Crippen molar-refractivity contribution >= 4 is 20.9 Å². The van der Waals surface area contributed by atoms with Crippen LogP contribution in [0.15, 0.2) is 53.3 Å². The molecular formula is C16H8F6N2O4S. The molecule has 154 valence electrons. The van der Waals surface area contributed by atoms with Gasteiger partial charge in [0.05, 0.1) is 22.0 Å². The molecule has 0 aliphatic heterocycles. The first kappa shape index (κ1) is 20.6. The Morgan fingerprint density at radius 2 is 1.41 bits per heavy atom. The Bertz CT molecular complexity index is 1250. The van der Waals surface area contributed by atoms with Crippen LogP contribution in [0.1, 0.15) is 5.56 Å². The lowest BCUT2D eigenvalue weighted by Gasteiger charge is -2.16. The number of nitrogens with zero attached hydrogens (tertiary/aromatic N) is 2. The average Bonchev–Trinajstić information content (AvgIpc) is 2.62. The summed E-state index contributed by atoms with van der Waals surface area (Å²) in [7, 11) is -6.19. The molecule has 0 unspecified atom stereocenters. The van der Waals surface area contributed by atoms with Crippen molar-refractivity contribution in [2.24, 2.45) is 0 Å².